The molecule has 3 aromatic rings. The number of rotatable bonds is 4. The minimum atomic E-state index is -0.151. The van der Waals surface area contributed by atoms with E-state index in [9.17, 15) is 4.79 Å². The Morgan fingerprint density at radius 2 is 2.00 bits per heavy atom. The quantitative estimate of drug-likeness (QED) is 0.794. The number of hydrogen-bond donors (Lipinski definition) is 1. The predicted molar refractivity (Wildman–Crippen MR) is 96.7 cm³/mol. The Morgan fingerprint density at radius 1 is 1.20 bits per heavy atom. The lowest BCUT2D eigenvalue weighted by molar-refractivity contribution is 0.0939. The highest BCUT2D eigenvalue weighted by Gasteiger charge is 2.18. The average Bonchev–Trinajstić information content (AvgIpc) is 3.26. The molecule has 0 saturated heterocycles. The molecule has 0 radical (unpaired) electrons. The molecule has 0 aliphatic carbocycles. The van der Waals surface area contributed by atoms with Crippen LogP contribution in [0, 0.1) is 0 Å². The van der Waals surface area contributed by atoms with Crippen LogP contribution in [0.1, 0.15) is 49.7 Å². The van der Waals surface area contributed by atoms with Crippen molar-refractivity contribution in [3.8, 4) is 5.69 Å². The molecule has 0 aliphatic rings. The largest absolute Gasteiger partial charge is 0.345 e. The molecule has 3 rings (SSSR count). The Morgan fingerprint density at radius 3 is 2.64 bits per heavy atom. The van der Waals surface area contributed by atoms with Gasteiger partial charge < -0.3 is 5.32 Å². The van der Waals surface area contributed by atoms with Gasteiger partial charge in [-0.25, -0.2) is 4.68 Å². The maximum absolute atomic E-state index is 12.5. The van der Waals surface area contributed by atoms with Crippen molar-refractivity contribution in [1.29, 1.82) is 0 Å². The van der Waals surface area contributed by atoms with E-state index in [1.165, 1.54) is 0 Å². The number of carbonyl (C=O) groups is 1. The van der Waals surface area contributed by atoms with Crippen LogP contribution in [0.15, 0.2) is 55.1 Å². The van der Waals surface area contributed by atoms with E-state index in [1.807, 2.05) is 64.2 Å². The Bertz CT molecular complexity index is 858. The van der Waals surface area contributed by atoms with Crippen molar-refractivity contribution in [2.75, 3.05) is 0 Å². The first-order valence-electron chi connectivity index (χ1n) is 8.30. The molecule has 0 bridgehead atoms. The van der Waals surface area contributed by atoms with Gasteiger partial charge in [-0.05, 0) is 51.5 Å². The third-order valence-electron chi connectivity index (χ3n) is 4.02. The fourth-order valence-corrected chi connectivity index (χ4v) is 2.53. The van der Waals surface area contributed by atoms with Gasteiger partial charge in [0.2, 0.25) is 0 Å². The van der Waals surface area contributed by atoms with Crippen molar-refractivity contribution in [3.05, 3.63) is 66.2 Å². The third-order valence-corrected chi connectivity index (χ3v) is 4.02. The van der Waals surface area contributed by atoms with Gasteiger partial charge >= 0.3 is 0 Å². The van der Waals surface area contributed by atoms with Crippen LogP contribution in [-0.2, 0) is 5.54 Å². The molecule has 2 heterocycles. The second-order valence-corrected chi connectivity index (χ2v) is 7.09. The minimum Gasteiger partial charge on any atom is -0.345 e. The van der Waals surface area contributed by atoms with E-state index in [0.717, 1.165) is 11.3 Å². The predicted octanol–water partition coefficient (Wildman–Crippen LogP) is 3.31. The molecule has 1 atom stereocenters. The molecule has 2 aromatic heterocycles. The van der Waals surface area contributed by atoms with E-state index in [2.05, 4.69) is 15.5 Å². The topological polar surface area (TPSA) is 64.7 Å². The number of amides is 1. The fourth-order valence-electron chi connectivity index (χ4n) is 2.53. The standard InChI is InChI=1S/C19H23N5O/c1-14(15-7-5-8-17(11-15)23-10-6-9-20-23)22-18(25)16-12-21-24(13-16)19(2,3)4/h5-14H,1-4H3,(H,22,25)/t14-/m0/s1. The Kier molecular flexibility index (Phi) is 4.44. The molecular formula is C19H23N5O. The molecule has 1 amide bonds. The second kappa shape index (κ2) is 6.55. The van der Waals surface area contributed by atoms with E-state index in [-0.39, 0.29) is 17.5 Å². The van der Waals surface area contributed by atoms with Gasteiger partial charge in [0.05, 0.1) is 29.0 Å². The van der Waals surface area contributed by atoms with Crippen molar-refractivity contribution in [2.45, 2.75) is 39.3 Å². The Balaban J connectivity index is 1.74. The Hall–Kier alpha value is -2.89. The van der Waals surface area contributed by atoms with E-state index < -0.39 is 0 Å². The highest BCUT2D eigenvalue weighted by atomic mass is 16.1. The average molecular weight is 337 g/mol. The van der Waals surface area contributed by atoms with Gasteiger partial charge in [-0.3, -0.25) is 9.48 Å². The van der Waals surface area contributed by atoms with Crippen molar-refractivity contribution >= 4 is 5.91 Å². The van der Waals surface area contributed by atoms with Crippen LogP contribution in [0.25, 0.3) is 5.69 Å². The van der Waals surface area contributed by atoms with Gasteiger partial charge in [0, 0.05) is 18.6 Å². The Labute approximate surface area is 147 Å². The highest BCUT2D eigenvalue weighted by molar-refractivity contribution is 5.93. The van der Waals surface area contributed by atoms with E-state index in [1.54, 1.807) is 28.0 Å². The number of carbonyl (C=O) groups excluding carboxylic acids is 1. The van der Waals surface area contributed by atoms with Crippen LogP contribution < -0.4 is 5.32 Å². The first-order valence-corrected chi connectivity index (χ1v) is 8.30. The molecule has 0 unspecified atom stereocenters. The van der Waals surface area contributed by atoms with Gasteiger partial charge in [0.25, 0.3) is 5.91 Å². The monoisotopic (exact) mass is 337 g/mol. The number of aromatic nitrogens is 4. The lowest BCUT2D eigenvalue weighted by atomic mass is 10.1. The summed E-state index contributed by atoms with van der Waals surface area (Å²) in [5.41, 5.74) is 2.39. The van der Waals surface area contributed by atoms with E-state index >= 15 is 0 Å². The number of nitrogens with zero attached hydrogens (tertiary/aromatic N) is 4. The van der Waals surface area contributed by atoms with E-state index in [0.29, 0.717) is 5.56 Å². The number of nitrogens with one attached hydrogen (secondary N) is 1. The minimum absolute atomic E-state index is 0.124. The third kappa shape index (κ3) is 3.79. The van der Waals surface area contributed by atoms with Crippen LogP contribution in [0.4, 0.5) is 0 Å². The molecule has 0 saturated carbocycles. The molecule has 0 spiro atoms. The first-order chi connectivity index (χ1) is 11.8. The molecule has 6 nitrogen and oxygen atoms in total. The summed E-state index contributed by atoms with van der Waals surface area (Å²) in [7, 11) is 0. The maximum Gasteiger partial charge on any atom is 0.254 e. The summed E-state index contributed by atoms with van der Waals surface area (Å²) < 4.78 is 3.59. The fraction of sp³-hybridized carbons (Fsp3) is 0.316. The molecule has 0 aliphatic heterocycles. The zero-order valence-corrected chi connectivity index (χ0v) is 15.0. The maximum atomic E-state index is 12.5. The van der Waals surface area contributed by atoms with Crippen LogP contribution in [0.5, 0.6) is 0 Å². The highest BCUT2D eigenvalue weighted by Crippen LogP contribution is 2.18. The van der Waals surface area contributed by atoms with E-state index in [4.69, 9.17) is 0 Å². The van der Waals surface area contributed by atoms with Crippen molar-refractivity contribution in [3.63, 3.8) is 0 Å². The SMILES string of the molecule is C[C@H](NC(=O)c1cnn(C(C)(C)C)c1)c1cccc(-n2cccn2)c1. The number of hydrogen-bond acceptors (Lipinski definition) is 3. The number of benzene rings is 1. The van der Waals surface area contributed by atoms with Gasteiger partial charge in [0.15, 0.2) is 0 Å². The van der Waals surface area contributed by atoms with Crippen molar-refractivity contribution in [2.24, 2.45) is 0 Å². The smallest absolute Gasteiger partial charge is 0.254 e. The summed E-state index contributed by atoms with van der Waals surface area (Å²) in [6.07, 6.45) is 7.02. The van der Waals surface area contributed by atoms with Crippen LogP contribution in [-0.4, -0.2) is 25.5 Å². The molecule has 1 aromatic carbocycles. The van der Waals surface area contributed by atoms with Gasteiger partial charge in [-0.1, -0.05) is 12.1 Å². The molecule has 6 heteroatoms. The van der Waals surface area contributed by atoms with Gasteiger partial charge in [0.1, 0.15) is 0 Å². The molecule has 1 N–H and O–H groups in total. The second-order valence-electron chi connectivity index (χ2n) is 7.09. The summed E-state index contributed by atoms with van der Waals surface area (Å²) in [4.78, 5) is 12.5. The van der Waals surface area contributed by atoms with Crippen LogP contribution >= 0.6 is 0 Å². The summed E-state index contributed by atoms with van der Waals surface area (Å²) in [6.45, 7) is 8.11. The van der Waals surface area contributed by atoms with Crippen molar-refractivity contribution < 1.29 is 4.79 Å². The summed E-state index contributed by atoms with van der Waals surface area (Å²) in [6, 6.07) is 9.73. The molecular weight excluding hydrogens is 314 g/mol. The van der Waals surface area contributed by atoms with Gasteiger partial charge in [-0.15, -0.1) is 0 Å². The summed E-state index contributed by atoms with van der Waals surface area (Å²) in [5, 5.41) is 11.5. The zero-order chi connectivity index (χ0) is 18.0. The molecule has 130 valence electrons. The zero-order valence-electron chi connectivity index (χ0n) is 15.0. The first kappa shape index (κ1) is 17.0. The molecule has 0 fully saturated rings. The lowest BCUT2D eigenvalue weighted by Gasteiger charge is -2.18. The normalized spacial score (nSPS) is 12.8. The van der Waals surface area contributed by atoms with Gasteiger partial charge in [-0.2, -0.15) is 10.2 Å². The lowest BCUT2D eigenvalue weighted by Crippen LogP contribution is -2.27. The summed E-state index contributed by atoms with van der Waals surface area (Å²) in [5.74, 6) is -0.132. The molecule has 25 heavy (non-hydrogen) atoms. The van der Waals surface area contributed by atoms with Crippen LogP contribution in [0.3, 0.4) is 0 Å². The van der Waals surface area contributed by atoms with Crippen LogP contribution in [0.2, 0.25) is 0 Å². The van der Waals surface area contributed by atoms with Crippen molar-refractivity contribution in [1.82, 2.24) is 24.9 Å². The summed E-state index contributed by atoms with van der Waals surface area (Å²) >= 11 is 0.